The predicted molar refractivity (Wildman–Crippen MR) is 90.4 cm³/mol. The predicted octanol–water partition coefficient (Wildman–Crippen LogP) is 1.85. The molecule has 2 amide bonds. The largest absolute Gasteiger partial charge is 0.393 e. The highest BCUT2D eigenvalue weighted by atomic mass is 16.5. The topological polar surface area (TPSA) is 82.6 Å². The van der Waals surface area contributed by atoms with Gasteiger partial charge in [0.05, 0.1) is 12.7 Å². The van der Waals surface area contributed by atoms with Crippen LogP contribution in [0.4, 0.5) is 10.5 Å². The van der Waals surface area contributed by atoms with Crippen LogP contribution in [-0.2, 0) is 11.3 Å². The minimum Gasteiger partial charge on any atom is -0.393 e. The van der Waals surface area contributed by atoms with Gasteiger partial charge in [-0.05, 0) is 43.4 Å². The molecule has 1 aliphatic carbocycles. The first-order chi connectivity index (χ1) is 11.2. The van der Waals surface area contributed by atoms with E-state index in [0.717, 1.165) is 43.5 Å². The molecule has 0 aromatic heterocycles. The molecule has 0 atom stereocenters. The van der Waals surface area contributed by atoms with Gasteiger partial charge in [0.25, 0.3) is 0 Å². The number of ether oxygens (including phenoxy) is 1. The molecule has 6 nitrogen and oxygen atoms in total. The van der Waals surface area contributed by atoms with Crippen molar-refractivity contribution in [2.45, 2.75) is 44.4 Å². The zero-order valence-corrected chi connectivity index (χ0v) is 13.7. The average Bonchev–Trinajstić information content (AvgIpc) is 2.56. The summed E-state index contributed by atoms with van der Waals surface area (Å²) in [7, 11) is 1.68. The van der Waals surface area contributed by atoms with Crippen molar-refractivity contribution in [3.63, 3.8) is 0 Å². The molecular formula is C17H27N3O3. The van der Waals surface area contributed by atoms with Crippen LogP contribution in [0, 0.1) is 0 Å². The number of hydrogen-bond acceptors (Lipinski definition) is 4. The summed E-state index contributed by atoms with van der Waals surface area (Å²) in [4.78, 5) is 11.9. The standard InChI is InChI=1S/C17H27N3O3/c1-23-11-10-18-14-4-2-13(3-5-14)12-19-17(22)20-15-6-8-16(21)9-7-15/h2-5,15-16,18,21H,6-12H2,1H3,(H2,19,20,22). The molecule has 0 spiro atoms. The van der Waals surface area contributed by atoms with E-state index in [4.69, 9.17) is 4.74 Å². The summed E-state index contributed by atoms with van der Waals surface area (Å²) in [5.41, 5.74) is 2.09. The second-order valence-electron chi connectivity index (χ2n) is 5.95. The molecule has 23 heavy (non-hydrogen) atoms. The van der Waals surface area contributed by atoms with Crippen molar-refractivity contribution >= 4 is 11.7 Å². The van der Waals surface area contributed by atoms with Crippen molar-refractivity contribution in [3.8, 4) is 0 Å². The third-order valence-corrected chi connectivity index (χ3v) is 4.07. The summed E-state index contributed by atoms with van der Waals surface area (Å²) in [6.45, 7) is 1.94. The lowest BCUT2D eigenvalue weighted by Crippen LogP contribution is -2.43. The Kier molecular flexibility index (Phi) is 7.16. The number of nitrogens with one attached hydrogen (secondary N) is 3. The van der Waals surface area contributed by atoms with Crippen LogP contribution in [0.15, 0.2) is 24.3 Å². The molecule has 0 bridgehead atoms. The Hall–Kier alpha value is -1.79. The van der Waals surface area contributed by atoms with Crippen molar-refractivity contribution < 1.29 is 14.6 Å². The van der Waals surface area contributed by atoms with Gasteiger partial charge < -0.3 is 25.8 Å². The summed E-state index contributed by atoms with van der Waals surface area (Å²) in [6.07, 6.45) is 3.02. The monoisotopic (exact) mass is 321 g/mol. The van der Waals surface area contributed by atoms with Crippen LogP contribution in [0.5, 0.6) is 0 Å². The van der Waals surface area contributed by atoms with Crippen molar-refractivity contribution in [2.75, 3.05) is 25.6 Å². The lowest BCUT2D eigenvalue weighted by molar-refractivity contribution is 0.117. The van der Waals surface area contributed by atoms with Gasteiger partial charge in [0.1, 0.15) is 0 Å². The Morgan fingerprint density at radius 2 is 1.91 bits per heavy atom. The van der Waals surface area contributed by atoms with Gasteiger partial charge in [-0.1, -0.05) is 12.1 Å². The van der Waals surface area contributed by atoms with E-state index in [0.29, 0.717) is 13.2 Å². The van der Waals surface area contributed by atoms with Crippen LogP contribution in [0.3, 0.4) is 0 Å². The third-order valence-electron chi connectivity index (χ3n) is 4.07. The Morgan fingerprint density at radius 3 is 2.57 bits per heavy atom. The van der Waals surface area contributed by atoms with E-state index in [1.807, 2.05) is 24.3 Å². The van der Waals surface area contributed by atoms with E-state index in [-0.39, 0.29) is 18.2 Å². The van der Waals surface area contributed by atoms with Gasteiger partial charge in [0, 0.05) is 31.9 Å². The first-order valence-corrected chi connectivity index (χ1v) is 8.21. The number of amides is 2. The number of hydrogen-bond donors (Lipinski definition) is 4. The summed E-state index contributed by atoms with van der Waals surface area (Å²) >= 11 is 0. The second kappa shape index (κ2) is 9.37. The Bertz CT molecular complexity index is 470. The molecule has 1 aromatic carbocycles. The Morgan fingerprint density at radius 1 is 1.22 bits per heavy atom. The van der Waals surface area contributed by atoms with Gasteiger partial charge in [-0.15, -0.1) is 0 Å². The summed E-state index contributed by atoms with van der Waals surface area (Å²) < 4.78 is 4.99. The fourth-order valence-electron chi connectivity index (χ4n) is 2.68. The fraction of sp³-hybridized carbons (Fsp3) is 0.588. The zero-order chi connectivity index (χ0) is 16.5. The van der Waals surface area contributed by atoms with Crippen molar-refractivity contribution in [1.82, 2.24) is 10.6 Å². The molecule has 0 unspecified atom stereocenters. The molecule has 0 saturated heterocycles. The molecule has 1 fully saturated rings. The van der Waals surface area contributed by atoms with E-state index in [1.54, 1.807) is 7.11 Å². The summed E-state index contributed by atoms with van der Waals surface area (Å²) in [5, 5.41) is 18.6. The van der Waals surface area contributed by atoms with Gasteiger partial charge in [-0.3, -0.25) is 0 Å². The third kappa shape index (κ3) is 6.46. The molecule has 4 N–H and O–H groups in total. The smallest absolute Gasteiger partial charge is 0.315 e. The number of anilines is 1. The van der Waals surface area contributed by atoms with E-state index < -0.39 is 0 Å². The first kappa shape index (κ1) is 17.6. The molecule has 0 heterocycles. The lowest BCUT2D eigenvalue weighted by atomic mass is 9.93. The van der Waals surface area contributed by atoms with Crippen LogP contribution < -0.4 is 16.0 Å². The number of aliphatic hydroxyl groups excluding tert-OH is 1. The number of carbonyl (C=O) groups excluding carboxylic acids is 1. The van der Waals surface area contributed by atoms with Crippen LogP contribution in [0.1, 0.15) is 31.2 Å². The van der Waals surface area contributed by atoms with Crippen LogP contribution in [-0.4, -0.2) is 43.5 Å². The van der Waals surface area contributed by atoms with E-state index in [1.165, 1.54) is 0 Å². The molecule has 128 valence electrons. The maximum absolute atomic E-state index is 11.9. The Labute approximate surface area is 137 Å². The molecule has 1 aromatic rings. The summed E-state index contributed by atoms with van der Waals surface area (Å²) in [5.74, 6) is 0. The normalized spacial score (nSPS) is 20.8. The maximum atomic E-state index is 11.9. The van der Waals surface area contributed by atoms with Gasteiger partial charge in [-0.2, -0.15) is 0 Å². The molecular weight excluding hydrogens is 294 g/mol. The fourth-order valence-corrected chi connectivity index (χ4v) is 2.68. The second-order valence-corrected chi connectivity index (χ2v) is 5.95. The molecule has 0 radical (unpaired) electrons. The van der Waals surface area contributed by atoms with Gasteiger partial charge >= 0.3 is 6.03 Å². The average molecular weight is 321 g/mol. The molecule has 2 rings (SSSR count). The molecule has 6 heteroatoms. The van der Waals surface area contributed by atoms with Gasteiger partial charge in [0.2, 0.25) is 0 Å². The SMILES string of the molecule is COCCNc1ccc(CNC(=O)NC2CCC(O)CC2)cc1. The van der Waals surface area contributed by atoms with Crippen LogP contribution in [0.25, 0.3) is 0 Å². The summed E-state index contributed by atoms with van der Waals surface area (Å²) in [6, 6.07) is 8.00. The van der Waals surface area contributed by atoms with E-state index in [9.17, 15) is 9.90 Å². The highest BCUT2D eigenvalue weighted by Gasteiger charge is 2.20. The van der Waals surface area contributed by atoms with Crippen molar-refractivity contribution in [2.24, 2.45) is 0 Å². The van der Waals surface area contributed by atoms with Crippen LogP contribution in [0.2, 0.25) is 0 Å². The molecule has 0 aliphatic heterocycles. The number of urea groups is 1. The van der Waals surface area contributed by atoms with Gasteiger partial charge in [0.15, 0.2) is 0 Å². The quantitative estimate of drug-likeness (QED) is 0.578. The van der Waals surface area contributed by atoms with Crippen LogP contribution >= 0.6 is 0 Å². The first-order valence-electron chi connectivity index (χ1n) is 8.21. The maximum Gasteiger partial charge on any atom is 0.315 e. The number of aliphatic hydroxyl groups is 1. The van der Waals surface area contributed by atoms with E-state index in [2.05, 4.69) is 16.0 Å². The molecule has 1 saturated carbocycles. The number of methoxy groups -OCH3 is 1. The number of carbonyl (C=O) groups is 1. The van der Waals surface area contributed by atoms with Crippen molar-refractivity contribution in [1.29, 1.82) is 0 Å². The minimum absolute atomic E-state index is 0.145. The van der Waals surface area contributed by atoms with Gasteiger partial charge in [-0.25, -0.2) is 4.79 Å². The zero-order valence-electron chi connectivity index (χ0n) is 13.7. The lowest BCUT2D eigenvalue weighted by Gasteiger charge is -2.26. The Balaban J connectivity index is 1.67. The number of benzene rings is 1. The highest BCUT2D eigenvalue weighted by Crippen LogP contribution is 2.18. The minimum atomic E-state index is -0.202. The van der Waals surface area contributed by atoms with Crippen molar-refractivity contribution in [3.05, 3.63) is 29.8 Å². The molecule has 1 aliphatic rings. The number of rotatable bonds is 7. The highest BCUT2D eigenvalue weighted by molar-refractivity contribution is 5.74. The van der Waals surface area contributed by atoms with E-state index >= 15 is 0 Å².